The predicted octanol–water partition coefficient (Wildman–Crippen LogP) is 1.98. The number of aryl methyl sites for hydroxylation is 1. The number of nitrogens with zero attached hydrogens (tertiary/aromatic N) is 7. The van der Waals surface area contributed by atoms with E-state index in [1.807, 2.05) is 6.07 Å². The van der Waals surface area contributed by atoms with E-state index in [-0.39, 0.29) is 12.1 Å². The minimum absolute atomic E-state index is 0.170. The van der Waals surface area contributed by atoms with Gasteiger partial charge in [0.2, 0.25) is 0 Å². The molecule has 0 spiro atoms. The van der Waals surface area contributed by atoms with Gasteiger partial charge in [0.15, 0.2) is 5.65 Å². The minimum Gasteiger partial charge on any atom is -0.387 e. The number of aromatic nitrogens is 6. The zero-order chi connectivity index (χ0) is 24.5. The molecule has 1 amide bonds. The van der Waals surface area contributed by atoms with Gasteiger partial charge in [-0.1, -0.05) is 0 Å². The molecular formula is C22H22FN9O2. The molecule has 0 aliphatic rings. The number of rotatable bonds is 7. The summed E-state index contributed by atoms with van der Waals surface area (Å²) in [6, 6.07) is 5.27. The van der Waals surface area contributed by atoms with Crippen LogP contribution in [0.15, 0.2) is 43.1 Å². The molecule has 3 N–H and O–H groups in total. The average Bonchev–Trinajstić information content (AvgIpc) is 3.41. The van der Waals surface area contributed by atoms with Gasteiger partial charge in [-0.15, -0.1) is 0 Å². The summed E-state index contributed by atoms with van der Waals surface area (Å²) < 4.78 is 17.3. The van der Waals surface area contributed by atoms with Gasteiger partial charge in [-0.25, -0.2) is 13.9 Å². The Balaban J connectivity index is 1.70. The monoisotopic (exact) mass is 463 g/mol. The van der Waals surface area contributed by atoms with Gasteiger partial charge < -0.3 is 15.7 Å². The number of nitriles is 1. The second-order valence-electron chi connectivity index (χ2n) is 8.24. The Hall–Kier alpha value is -4.37. The number of carbonyl (C=O) groups excluding carboxylic acids is 1. The van der Waals surface area contributed by atoms with Crippen LogP contribution in [0.1, 0.15) is 29.8 Å². The van der Waals surface area contributed by atoms with Crippen molar-refractivity contribution in [2.24, 2.45) is 7.05 Å². The van der Waals surface area contributed by atoms with Gasteiger partial charge >= 0.3 is 0 Å². The number of imidazole rings is 1. The molecule has 0 bridgehead atoms. The summed E-state index contributed by atoms with van der Waals surface area (Å²) in [4.78, 5) is 21.5. The van der Waals surface area contributed by atoms with E-state index in [9.17, 15) is 14.3 Å². The molecule has 4 aromatic rings. The van der Waals surface area contributed by atoms with Crippen molar-refractivity contribution in [2.75, 3.05) is 11.9 Å². The maximum Gasteiger partial charge on any atom is 0.255 e. The van der Waals surface area contributed by atoms with Gasteiger partial charge in [0, 0.05) is 25.5 Å². The van der Waals surface area contributed by atoms with Crippen molar-refractivity contribution in [1.29, 1.82) is 5.26 Å². The number of aliphatic hydroxyl groups is 1. The van der Waals surface area contributed by atoms with E-state index >= 15 is 0 Å². The lowest BCUT2D eigenvalue weighted by atomic mass is 10.0. The van der Waals surface area contributed by atoms with Gasteiger partial charge in [-0.3, -0.25) is 14.5 Å². The molecular weight excluding hydrogens is 441 g/mol. The molecule has 0 unspecified atom stereocenters. The third-order valence-electron chi connectivity index (χ3n) is 5.09. The van der Waals surface area contributed by atoms with Crippen molar-refractivity contribution in [3.63, 3.8) is 0 Å². The first-order valence-electron chi connectivity index (χ1n) is 10.3. The molecule has 4 heterocycles. The standard InChI is InChI=1S/C22H22FN9O2/c1-22(2,34)19(23)11-27-21(33)15-9-25-17(5-16(15)30-14-8-28-31(3)12-14)18-10-26-20-4-13(6-24)7-29-32(18)20/h4-5,7-10,12,19,34H,11H2,1-3H3,(H,25,30)(H,27,33)/t19-/m1/s1. The van der Waals surface area contributed by atoms with Crippen molar-refractivity contribution in [1.82, 2.24) is 34.7 Å². The van der Waals surface area contributed by atoms with Gasteiger partial charge in [-0.05, 0) is 19.9 Å². The normalized spacial score (nSPS) is 12.4. The van der Waals surface area contributed by atoms with Crippen LogP contribution >= 0.6 is 0 Å². The van der Waals surface area contributed by atoms with E-state index in [1.54, 1.807) is 42.5 Å². The zero-order valence-corrected chi connectivity index (χ0v) is 18.7. The Kier molecular flexibility index (Phi) is 5.95. The van der Waals surface area contributed by atoms with Crippen LogP contribution in [0.4, 0.5) is 15.8 Å². The lowest BCUT2D eigenvalue weighted by Gasteiger charge is -2.22. The maximum absolute atomic E-state index is 14.1. The summed E-state index contributed by atoms with van der Waals surface area (Å²) in [5, 5.41) is 32.9. The molecule has 0 aromatic carbocycles. The number of fused-ring (bicyclic) bond motifs is 1. The van der Waals surface area contributed by atoms with Crippen molar-refractivity contribution in [2.45, 2.75) is 25.6 Å². The molecule has 34 heavy (non-hydrogen) atoms. The molecule has 0 aliphatic heterocycles. The molecule has 1 atom stereocenters. The first-order chi connectivity index (χ1) is 16.2. The first-order valence-corrected chi connectivity index (χ1v) is 10.3. The largest absolute Gasteiger partial charge is 0.387 e. The second kappa shape index (κ2) is 8.87. The summed E-state index contributed by atoms with van der Waals surface area (Å²) >= 11 is 0. The number of alkyl halides is 1. The summed E-state index contributed by atoms with van der Waals surface area (Å²) in [6.07, 6.45) is 6.02. The van der Waals surface area contributed by atoms with Gasteiger partial charge in [0.05, 0.1) is 58.9 Å². The Morgan fingerprint density at radius 3 is 2.71 bits per heavy atom. The average molecular weight is 463 g/mol. The topological polar surface area (TPSA) is 146 Å². The van der Waals surface area contributed by atoms with Crippen LogP contribution in [0.2, 0.25) is 0 Å². The van der Waals surface area contributed by atoms with Crippen LogP contribution < -0.4 is 10.6 Å². The Bertz CT molecular complexity index is 1400. The van der Waals surface area contributed by atoms with E-state index in [4.69, 9.17) is 5.26 Å². The predicted molar refractivity (Wildman–Crippen MR) is 121 cm³/mol. The van der Waals surface area contributed by atoms with Gasteiger partial charge in [0.1, 0.15) is 17.9 Å². The molecule has 11 nitrogen and oxygen atoms in total. The SMILES string of the molecule is Cn1cc(Nc2cc(-c3cnc4cc(C#N)cnn34)ncc2C(=O)NC[C@@H](F)C(C)(C)O)cn1. The van der Waals surface area contributed by atoms with Crippen LogP contribution in [0.25, 0.3) is 17.0 Å². The summed E-state index contributed by atoms with van der Waals surface area (Å²) in [7, 11) is 1.76. The fraction of sp³-hybridized carbons (Fsp3) is 0.273. The van der Waals surface area contributed by atoms with Crippen LogP contribution in [-0.4, -0.2) is 58.7 Å². The van der Waals surface area contributed by atoms with E-state index < -0.39 is 17.7 Å². The Morgan fingerprint density at radius 2 is 2.03 bits per heavy atom. The number of hydrogen-bond acceptors (Lipinski definition) is 8. The molecule has 0 saturated heterocycles. The molecule has 12 heteroatoms. The van der Waals surface area contributed by atoms with Crippen molar-refractivity contribution in [3.05, 3.63) is 54.2 Å². The number of pyridine rings is 1. The van der Waals surface area contributed by atoms with E-state index in [0.717, 1.165) is 0 Å². The lowest BCUT2D eigenvalue weighted by molar-refractivity contribution is -0.00177. The number of amides is 1. The van der Waals surface area contributed by atoms with Crippen LogP contribution in [0.3, 0.4) is 0 Å². The number of hydrogen-bond donors (Lipinski definition) is 3. The Labute approximate surface area is 193 Å². The fourth-order valence-electron chi connectivity index (χ4n) is 3.16. The maximum atomic E-state index is 14.1. The first kappa shape index (κ1) is 22.8. The second-order valence-corrected chi connectivity index (χ2v) is 8.24. The smallest absolute Gasteiger partial charge is 0.255 e. The molecule has 0 radical (unpaired) electrons. The molecule has 174 valence electrons. The van der Waals surface area contributed by atoms with Crippen LogP contribution in [0.5, 0.6) is 0 Å². The fourth-order valence-corrected chi connectivity index (χ4v) is 3.16. The van der Waals surface area contributed by atoms with Crippen molar-refractivity contribution >= 4 is 22.9 Å². The van der Waals surface area contributed by atoms with Gasteiger partial charge in [-0.2, -0.15) is 15.5 Å². The molecule has 0 fully saturated rings. The minimum atomic E-state index is -1.65. The highest BCUT2D eigenvalue weighted by atomic mass is 19.1. The highest BCUT2D eigenvalue weighted by molar-refractivity contribution is 6.00. The molecule has 0 saturated carbocycles. The highest BCUT2D eigenvalue weighted by Crippen LogP contribution is 2.27. The summed E-state index contributed by atoms with van der Waals surface area (Å²) in [5.74, 6) is -0.563. The summed E-state index contributed by atoms with van der Waals surface area (Å²) in [6.45, 7) is 2.30. The van der Waals surface area contributed by atoms with Gasteiger partial charge in [0.25, 0.3) is 5.91 Å². The van der Waals surface area contributed by atoms with Crippen LogP contribution in [-0.2, 0) is 7.05 Å². The molecule has 4 rings (SSSR count). The van der Waals surface area contributed by atoms with Crippen molar-refractivity contribution in [3.8, 4) is 17.5 Å². The highest BCUT2D eigenvalue weighted by Gasteiger charge is 2.27. The third-order valence-corrected chi connectivity index (χ3v) is 5.09. The number of anilines is 2. The van der Waals surface area contributed by atoms with E-state index in [2.05, 4.69) is 30.8 Å². The number of carbonyl (C=O) groups is 1. The molecule has 0 aliphatic carbocycles. The van der Waals surface area contributed by atoms with Crippen LogP contribution in [0, 0.1) is 11.3 Å². The molecule has 4 aromatic heterocycles. The van der Waals surface area contributed by atoms with E-state index in [1.165, 1.54) is 30.8 Å². The number of nitrogens with one attached hydrogen (secondary N) is 2. The number of halogens is 1. The van der Waals surface area contributed by atoms with E-state index in [0.29, 0.717) is 34.0 Å². The quantitative estimate of drug-likeness (QED) is 0.377. The summed E-state index contributed by atoms with van der Waals surface area (Å²) in [5.41, 5.74) is 1.47. The van der Waals surface area contributed by atoms with Crippen molar-refractivity contribution < 1.29 is 14.3 Å². The Morgan fingerprint density at radius 1 is 1.24 bits per heavy atom. The zero-order valence-electron chi connectivity index (χ0n) is 18.7. The lowest BCUT2D eigenvalue weighted by Crippen LogP contribution is -2.42. The third kappa shape index (κ3) is 4.69.